The maximum Gasteiger partial charge on any atom is 0.210 e. The minimum absolute atomic E-state index is 0.0256. The van der Waals surface area contributed by atoms with Gasteiger partial charge in [0.2, 0.25) is 5.88 Å². The van der Waals surface area contributed by atoms with Gasteiger partial charge in [0.1, 0.15) is 12.4 Å². The highest BCUT2D eigenvalue weighted by Gasteiger charge is 2.19. The molecular formula is C11H14N2O3. The van der Waals surface area contributed by atoms with E-state index in [0.29, 0.717) is 19.7 Å². The van der Waals surface area contributed by atoms with E-state index in [1.165, 1.54) is 0 Å². The van der Waals surface area contributed by atoms with Crippen LogP contribution in [0.2, 0.25) is 0 Å². The van der Waals surface area contributed by atoms with E-state index >= 15 is 0 Å². The molecule has 1 unspecified atom stereocenters. The van der Waals surface area contributed by atoms with Crippen molar-refractivity contribution in [2.24, 2.45) is 0 Å². The summed E-state index contributed by atoms with van der Waals surface area (Å²) in [6, 6.07) is 3.48. The minimum Gasteiger partial charge on any atom is -0.493 e. The monoisotopic (exact) mass is 222 g/mol. The molecule has 0 aromatic carbocycles. The fourth-order valence-electron chi connectivity index (χ4n) is 1.77. The third-order valence-electron chi connectivity index (χ3n) is 2.55. The van der Waals surface area contributed by atoms with Crippen LogP contribution in [0, 0.1) is 0 Å². The average molecular weight is 222 g/mol. The molecule has 5 nitrogen and oxygen atoms in total. The van der Waals surface area contributed by atoms with Gasteiger partial charge in [-0.15, -0.1) is 0 Å². The van der Waals surface area contributed by atoms with E-state index in [0.717, 1.165) is 18.4 Å². The smallest absolute Gasteiger partial charge is 0.210 e. The molecule has 5 heteroatoms. The zero-order valence-corrected chi connectivity index (χ0v) is 8.87. The topological polar surface area (TPSA) is 62.7 Å². The van der Waals surface area contributed by atoms with Crippen molar-refractivity contribution in [2.45, 2.75) is 12.6 Å². The van der Waals surface area contributed by atoms with Crippen LogP contribution in [0.4, 0.5) is 0 Å². The summed E-state index contributed by atoms with van der Waals surface area (Å²) in [6.07, 6.45) is 2.07. The zero-order chi connectivity index (χ0) is 11.4. The Kier molecular flexibility index (Phi) is 3.48. The van der Waals surface area contributed by atoms with Crippen molar-refractivity contribution in [1.82, 2.24) is 9.88 Å². The zero-order valence-electron chi connectivity index (χ0n) is 8.87. The molecular weight excluding hydrogens is 208 g/mol. The predicted octanol–water partition coefficient (Wildman–Crippen LogP) is 0.187. The molecule has 0 aliphatic carbocycles. The summed E-state index contributed by atoms with van der Waals surface area (Å²) < 4.78 is 5.25. The average Bonchev–Trinajstić information content (AvgIpc) is 2.29. The van der Waals surface area contributed by atoms with Crippen LogP contribution in [0.5, 0.6) is 5.88 Å². The molecule has 1 aromatic rings. The van der Waals surface area contributed by atoms with E-state index in [1.807, 2.05) is 6.07 Å². The Balaban J connectivity index is 1.96. The van der Waals surface area contributed by atoms with Crippen LogP contribution in [-0.2, 0) is 16.1 Å². The third kappa shape index (κ3) is 2.77. The first-order valence-corrected chi connectivity index (χ1v) is 5.21. The number of ether oxygens (including phenoxy) is 1. The van der Waals surface area contributed by atoms with E-state index in [1.54, 1.807) is 12.3 Å². The van der Waals surface area contributed by atoms with Crippen molar-refractivity contribution in [3.8, 4) is 5.88 Å². The highest BCUT2D eigenvalue weighted by Crippen LogP contribution is 2.12. The normalized spacial score (nSPS) is 21.9. The molecule has 1 saturated heterocycles. The van der Waals surface area contributed by atoms with Crippen LogP contribution in [0.1, 0.15) is 5.56 Å². The van der Waals surface area contributed by atoms with Gasteiger partial charge in [-0.1, -0.05) is 0 Å². The lowest BCUT2D eigenvalue weighted by atomic mass is 10.2. The number of aldehydes is 1. The summed E-state index contributed by atoms with van der Waals surface area (Å²) in [6.45, 7) is 2.67. The van der Waals surface area contributed by atoms with Gasteiger partial charge in [0.25, 0.3) is 0 Å². The number of pyridine rings is 1. The molecule has 0 amide bonds. The third-order valence-corrected chi connectivity index (χ3v) is 2.55. The summed E-state index contributed by atoms with van der Waals surface area (Å²) >= 11 is 0. The first-order valence-electron chi connectivity index (χ1n) is 5.21. The molecule has 1 atom stereocenters. The second-order valence-corrected chi connectivity index (χ2v) is 3.80. The first kappa shape index (κ1) is 11.0. The second kappa shape index (κ2) is 5.05. The van der Waals surface area contributed by atoms with Gasteiger partial charge in [-0.05, 0) is 11.6 Å². The lowest BCUT2D eigenvalue weighted by Gasteiger charge is -2.30. The van der Waals surface area contributed by atoms with Crippen molar-refractivity contribution in [2.75, 3.05) is 19.7 Å². The molecule has 0 saturated carbocycles. The second-order valence-electron chi connectivity index (χ2n) is 3.80. The number of hydrogen-bond donors (Lipinski definition) is 1. The first-order chi connectivity index (χ1) is 7.78. The molecule has 0 bridgehead atoms. The Morgan fingerprint density at radius 2 is 2.56 bits per heavy atom. The van der Waals surface area contributed by atoms with Gasteiger partial charge < -0.3 is 14.6 Å². The van der Waals surface area contributed by atoms with Crippen LogP contribution >= 0.6 is 0 Å². The van der Waals surface area contributed by atoms with Crippen molar-refractivity contribution in [3.63, 3.8) is 0 Å². The lowest BCUT2D eigenvalue weighted by Crippen LogP contribution is -2.42. The Morgan fingerprint density at radius 1 is 1.69 bits per heavy atom. The maximum absolute atomic E-state index is 10.6. The summed E-state index contributed by atoms with van der Waals surface area (Å²) in [5.41, 5.74) is 0.985. The SMILES string of the molecule is O=CC1CN(Cc2ccnc(O)c2)CCO1. The highest BCUT2D eigenvalue weighted by atomic mass is 16.5. The molecule has 1 aliphatic heterocycles. The molecule has 1 aliphatic rings. The van der Waals surface area contributed by atoms with E-state index in [2.05, 4.69) is 9.88 Å². The largest absolute Gasteiger partial charge is 0.493 e. The molecule has 2 heterocycles. The number of morpholine rings is 1. The number of hydrogen-bond acceptors (Lipinski definition) is 5. The molecule has 1 N–H and O–H groups in total. The molecule has 86 valence electrons. The molecule has 0 radical (unpaired) electrons. The summed E-state index contributed by atoms with van der Waals surface area (Å²) in [5, 5.41) is 9.23. The molecule has 1 aromatic heterocycles. The molecule has 16 heavy (non-hydrogen) atoms. The van der Waals surface area contributed by atoms with Gasteiger partial charge in [-0.3, -0.25) is 4.90 Å². The van der Waals surface area contributed by atoms with E-state index in [4.69, 9.17) is 4.74 Å². The van der Waals surface area contributed by atoms with Gasteiger partial charge in [-0.2, -0.15) is 0 Å². The van der Waals surface area contributed by atoms with Crippen LogP contribution in [0.3, 0.4) is 0 Å². The van der Waals surface area contributed by atoms with Gasteiger partial charge >= 0.3 is 0 Å². The number of rotatable bonds is 3. The minimum atomic E-state index is -0.329. The van der Waals surface area contributed by atoms with E-state index in [9.17, 15) is 9.90 Å². The standard InChI is InChI=1S/C11H14N2O3/c14-8-10-7-13(3-4-16-10)6-9-1-2-12-11(15)5-9/h1-2,5,8,10H,3-4,6-7H2,(H,12,15). The van der Waals surface area contributed by atoms with Crippen LogP contribution in [0.25, 0.3) is 0 Å². The van der Waals surface area contributed by atoms with Crippen LogP contribution in [0.15, 0.2) is 18.3 Å². The Hall–Kier alpha value is -1.46. The van der Waals surface area contributed by atoms with Crippen molar-refractivity contribution in [3.05, 3.63) is 23.9 Å². The van der Waals surface area contributed by atoms with E-state index in [-0.39, 0.29) is 12.0 Å². The quantitative estimate of drug-likeness (QED) is 0.739. The summed E-state index contributed by atoms with van der Waals surface area (Å²) in [5.74, 6) is 0.0256. The fourth-order valence-corrected chi connectivity index (χ4v) is 1.77. The van der Waals surface area contributed by atoms with Crippen LogP contribution < -0.4 is 0 Å². The van der Waals surface area contributed by atoms with Gasteiger partial charge in [-0.25, -0.2) is 4.98 Å². The summed E-state index contributed by atoms with van der Waals surface area (Å²) in [7, 11) is 0. The number of nitrogens with zero attached hydrogens (tertiary/aromatic N) is 2. The molecule has 0 spiro atoms. The van der Waals surface area contributed by atoms with Gasteiger partial charge in [0.15, 0.2) is 0 Å². The Morgan fingerprint density at radius 3 is 3.31 bits per heavy atom. The molecule has 2 rings (SSSR count). The Bertz CT molecular complexity index is 370. The Labute approximate surface area is 93.7 Å². The highest BCUT2D eigenvalue weighted by molar-refractivity contribution is 5.56. The number of carbonyl (C=O) groups is 1. The number of carbonyl (C=O) groups excluding carboxylic acids is 1. The van der Waals surface area contributed by atoms with Crippen molar-refractivity contribution in [1.29, 1.82) is 0 Å². The summed E-state index contributed by atoms with van der Waals surface area (Å²) in [4.78, 5) is 16.5. The lowest BCUT2D eigenvalue weighted by molar-refractivity contribution is -0.123. The predicted molar refractivity (Wildman–Crippen MR) is 57.0 cm³/mol. The molecule has 1 fully saturated rings. The van der Waals surface area contributed by atoms with Gasteiger partial charge in [0, 0.05) is 31.9 Å². The van der Waals surface area contributed by atoms with E-state index < -0.39 is 0 Å². The van der Waals surface area contributed by atoms with Crippen molar-refractivity contribution >= 4 is 6.29 Å². The maximum atomic E-state index is 10.6. The number of aromatic nitrogens is 1. The van der Waals surface area contributed by atoms with Crippen LogP contribution in [-0.4, -0.2) is 47.1 Å². The van der Waals surface area contributed by atoms with Crippen molar-refractivity contribution < 1.29 is 14.6 Å². The van der Waals surface area contributed by atoms with Gasteiger partial charge in [0.05, 0.1) is 6.61 Å². The number of aromatic hydroxyl groups is 1. The fraction of sp³-hybridized carbons (Fsp3) is 0.455.